The molecule has 1 aromatic heterocycles. The van der Waals surface area contributed by atoms with Crippen LogP contribution in [0.3, 0.4) is 0 Å². The third-order valence-corrected chi connectivity index (χ3v) is 1.92. The fourth-order valence-electron chi connectivity index (χ4n) is 0.592. The first kappa shape index (κ1) is 13.2. The SMILES string of the molecule is CCOP(=O)([O-])On1ccnc1.[Na+]. The first-order chi connectivity index (χ1) is 5.64. The molecule has 0 bridgehead atoms. The van der Waals surface area contributed by atoms with Gasteiger partial charge in [0.05, 0.1) is 12.8 Å². The van der Waals surface area contributed by atoms with Gasteiger partial charge in [-0.1, -0.05) is 0 Å². The van der Waals surface area contributed by atoms with Gasteiger partial charge in [0.1, 0.15) is 6.33 Å². The van der Waals surface area contributed by atoms with Crippen LogP contribution in [-0.4, -0.2) is 16.3 Å². The first-order valence-corrected chi connectivity index (χ1v) is 4.74. The van der Waals surface area contributed by atoms with Crippen LogP contribution in [0, 0.1) is 0 Å². The normalized spacial score (nSPS) is 14.3. The van der Waals surface area contributed by atoms with Gasteiger partial charge in [-0.25, -0.2) is 4.98 Å². The van der Waals surface area contributed by atoms with Crippen LogP contribution in [0.4, 0.5) is 0 Å². The number of rotatable bonds is 4. The van der Waals surface area contributed by atoms with Crippen molar-refractivity contribution in [2.24, 2.45) is 0 Å². The maximum absolute atomic E-state index is 10.8. The standard InChI is InChI=1S/C5H9N2O4P.Na/c1-2-10-12(8,9)11-7-4-3-6-5-7;/h3-5H,2H2,1H3,(H,8,9);/q;+1/p-1. The topological polar surface area (TPSA) is 76.4 Å². The van der Waals surface area contributed by atoms with E-state index in [1.54, 1.807) is 6.92 Å². The van der Waals surface area contributed by atoms with Gasteiger partial charge in [-0.2, -0.15) is 4.73 Å². The van der Waals surface area contributed by atoms with Crippen LogP contribution in [0.2, 0.25) is 0 Å². The molecule has 0 saturated carbocycles. The van der Waals surface area contributed by atoms with Crippen molar-refractivity contribution < 1.29 is 48.2 Å². The zero-order chi connectivity index (χ0) is 9.03. The van der Waals surface area contributed by atoms with Gasteiger partial charge >= 0.3 is 37.4 Å². The molecule has 1 atom stereocenters. The molecule has 68 valence electrons. The molecule has 0 aliphatic rings. The van der Waals surface area contributed by atoms with Crippen molar-refractivity contribution in [3.05, 3.63) is 18.7 Å². The van der Waals surface area contributed by atoms with Crippen molar-refractivity contribution in [1.82, 2.24) is 9.71 Å². The number of hydrogen-bond donors (Lipinski definition) is 0. The van der Waals surface area contributed by atoms with E-state index in [1.165, 1.54) is 18.7 Å². The molecule has 0 aromatic carbocycles. The zero-order valence-electron chi connectivity index (χ0n) is 7.41. The Morgan fingerprint density at radius 1 is 1.69 bits per heavy atom. The molecule has 1 unspecified atom stereocenters. The van der Waals surface area contributed by atoms with E-state index >= 15 is 0 Å². The summed E-state index contributed by atoms with van der Waals surface area (Å²) in [5, 5.41) is 0. The van der Waals surface area contributed by atoms with Gasteiger partial charge in [0.15, 0.2) is 0 Å². The van der Waals surface area contributed by atoms with Crippen LogP contribution >= 0.6 is 7.82 Å². The Balaban J connectivity index is 0.00000144. The molecule has 13 heavy (non-hydrogen) atoms. The molecular formula is C5H8N2NaO4P. The van der Waals surface area contributed by atoms with E-state index in [4.69, 9.17) is 0 Å². The molecule has 1 aromatic rings. The molecular weight excluding hydrogens is 206 g/mol. The van der Waals surface area contributed by atoms with E-state index in [0.29, 0.717) is 0 Å². The minimum atomic E-state index is -4.21. The molecule has 0 fully saturated rings. The van der Waals surface area contributed by atoms with Gasteiger partial charge in [-0.3, -0.25) is 4.57 Å². The Bertz CT molecular complexity index is 278. The predicted molar refractivity (Wildman–Crippen MR) is 38.0 cm³/mol. The van der Waals surface area contributed by atoms with Crippen molar-refractivity contribution in [2.45, 2.75) is 6.92 Å². The van der Waals surface area contributed by atoms with Crippen molar-refractivity contribution in [1.29, 1.82) is 0 Å². The third kappa shape index (κ3) is 4.81. The van der Waals surface area contributed by atoms with E-state index in [0.717, 1.165) is 4.73 Å². The molecule has 0 spiro atoms. The molecule has 8 heteroatoms. The molecule has 0 saturated heterocycles. The van der Waals surface area contributed by atoms with Crippen molar-refractivity contribution in [3.8, 4) is 0 Å². The summed E-state index contributed by atoms with van der Waals surface area (Å²) < 4.78 is 20.5. The number of hydrogen-bond acceptors (Lipinski definition) is 5. The summed E-state index contributed by atoms with van der Waals surface area (Å²) in [5.41, 5.74) is 0. The van der Waals surface area contributed by atoms with Crippen molar-refractivity contribution in [2.75, 3.05) is 6.61 Å². The van der Waals surface area contributed by atoms with Crippen molar-refractivity contribution in [3.63, 3.8) is 0 Å². The largest absolute Gasteiger partial charge is 1.00 e. The molecule has 0 radical (unpaired) electrons. The van der Waals surface area contributed by atoms with Gasteiger partial charge < -0.3 is 14.0 Å². The van der Waals surface area contributed by atoms with E-state index in [-0.39, 0.29) is 36.2 Å². The van der Waals surface area contributed by atoms with Crippen LogP contribution in [0.15, 0.2) is 18.7 Å². The van der Waals surface area contributed by atoms with Gasteiger partial charge in [0, 0.05) is 6.20 Å². The minimum absolute atomic E-state index is 0. The smallest absolute Gasteiger partial charge is 0.745 e. The zero-order valence-corrected chi connectivity index (χ0v) is 10.3. The third-order valence-electron chi connectivity index (χ3n) is 0.962. The number of imidazole rings is 1. The maximum atomic E-state index is 10.8. The maximum Gasteiger partial charge on any atom is 1.00 e. The molecule has 0 aliphatic carbocycles. The average molecular weight is 214 g/mol. The van der Waals surface area contributed by atoms with Gasteiger partial charge in [-0.15, -0.1) is 0 Å². The summed E-state index contributed by atoms with van der Waals surface area (Å²) in [7, 11) is -4.21. The second-order valence-electron chi connectivity index (χ2n) is 1.87. The first-order valence-electron chi connectivity index (χ1n) is 3.27. The number of aromatic nitrogens is 2. The Labute approximate surface area is 97.7 Å². The fraction of sp³-hybridized carbons (Fsp3) is 0.400. The van der Waals surface area contributed by atoms with E-state index < -0.39 is 7.82 Å². The van der Waals surface area contributed by atoms with Crippen LogP contribution in [0.1, 0.15) is 6.92 Å². The predicted octanol–water partition coefficient (Wildman–Crippen LogP) is -3.18. The average Bonchev–Trinajstić information content (AvgIpc) is 2.38. The summed E-state index contributed by atoms with van der Waals surface area (Å²) in [4.78, 5) is 14.4. The van der Waals surface area contributed by atoms with Gasteiger partial charge in [0.25, 0.3) is 0 Å². The summed E-state index contributed by atoms with van der Waals surface area (Å²) in [6, 6.07) is 0. The molecule has 1 rings (SSSR count). The molecule has 0 aliphatic heterocycles. The molecule has 6 nitrogen and oxygen atoms in total. The summed E-state index contributed by atoms with van der Waals surface area (Å²) in [5.74, 6) is 0. The van der Waals surface area contributed by atoms with E-state index in [2.05, 4.69) is 14.1 Å². The summed E-state index contributed by atoms with van der Waals surface area (Å²) in [6.45, 7) is 1.61. The second-order valence-corrected chi connectivity index (χ2v) is 3.19. The van der Waals surface area contributed by atoms with Gasteiger partial charge in [-0.05, 0) is 6.92 Å². The Hall–Kier alpha value is 0.160. The van der Waals surface area contributed by atoms with Crippen molar-refractivity contribution >= 4 is 7.82 Å². The Morgan fingerprint density at radius 2 is 2.38 bits per heavy atom. The Morgan fingerprint density at radius 3 is 2.85 bits per heavy atom. The van der Waals surface area contributed by atoms with E-state index in [1.807, 2.05) is 0 Å². The van der Waals surface area contributed by atoms with Crippen LogP contribution in [0.5, 0.6) is 0 Å². The minimum Gasteiger partial charge on any atom is -0.745 e. The molecule has 0 amide bonds. The van der Waals surface area contributed by atoms with Gasteiger partial charge in [0.2, 0.25) is 0 Å². The summed E-state index contributed by atoms with van der Waals surface area (Å²) >= 11 is 0. The Kier molecular flexibility index (Phi) is 5.87. The van der Waals surface area contributed by atoms with Crippen LogP contribution < -0.4 is 39.1 Å². The van der Waals surface area contributed by atoms with Crippen LogP contribution in [-0.2, 0) is 9.09 Å². The fourth-order valence-corrected chi connectivity index (χ4v) is 1.28. The van der Waals surface area contributed by atoms with E-state index in [9.17, 15) is 9.46 Å². The molecule has 1 heterocycles. The number of phosphoric ester groups is 1. The summed E-state index contributed by atoms with van der Waals surface area (Å²) in [6.07, 6.45) is 3.96. The quantitative estimate of drug-likeness (QED) is 0.390. The molecule has 0 N–H and O–H groups in total. The number of phosphoric acid groups is 1. The number of nitrogens with zero attached hydrogens (tertiary/aromatic N) is 2. The van der Waals surface area contributed by atoms with Crippen LogP contribution in [0.25, 0.3) is 0 Å². The second kappa shape index (κ2) is 5.80. The monoisotopic (exact) mass is 214 g/mol.